The lowest BCUT2D eigenvalue weighted by molar-refractivity contribution is 0.122. The third-order valence-corrected chi connectivity index (χ3v) is 5.02. The minimum atomic E-state index is 0.987. The molecular weight excluding hydrogens is 256 g/mol. The summed E-state index contributed by atoms with van der Waals surface area (Å²) in [7, 11) is 0. The van der Waals surface area contributed by atoms with Crippen LogP contribution in [0.3, 0.4) is 0 Å². The van der Waals surface area contributed by atoms with Crippen molar-refractivity contribution in [2.45, 2.75) is 110 Å². The quantitative estimate of drug-likeness (QED) is 0.464. The van der Waals surface area contributed by atoms with Gasteiger partial charge >= 0.3 is 0 Å². The highest BCUT2D eigenvalue weighted by Gasteiger charge is 2.09. The monoisotopic (exact) mass is 296 g/mol. The van der Waals surface area contributed by atoms with Gasteiger partial charge in [0.1, 0.15) is 0 Å². The molecule has 1 atom stereocenters. The first kappa shape index (κ1) is 19.0. The summed E-state index contributed by atoms with van der Waals surface area (Å²) in [4.78, 5) is 0. The van der Waals surface area contributed by atoms with Gasteiger partial charge in [-0.2, -0.15) is 0 Å². The Morgan fingerprint density at radius 1 is 0.667 bits per heavy atom. The van der Waals surface area contributed by atoms with Crippen molar-refractivity contribution in [1.82, 2.24) is 0 Å². The van der Waals surface area contributed by atoms with Gasteiger partial charge < -0.3 is 4.74 Å². The van der Waals surface area contributed by atoms with Gasteiger partial charge in [-0.25, -0.2) is 0 Å². The van der Waals surface area contributed by atoms with Crippen LogP contribution < -0.4 is 0 Å². The molecule has 0 aliphatic carbocycles. The predicted molar refractivity (Wildman–Crippen MR) is 93.9 cm³/mol. The molecule has 1 aliphatic heterocycles. The lowest BCUT2D eigenvalue weighted by Crippen LogP contribution is -2.04. The Morgan fingerprint density at radius 2 is 1.29 bits per heavy atom. The summed E-state index contributed by atoms with van der Waals surface area (Å²) in [6.07, 6.45) is 22.8. The van der Waals surface area contributed by atoms with Crippen LogP contribution in [0.2, 0.25) is 0 Å². The Hall–Kier alpha value is -0.0400. The second-order valence-electron chi connectivity index (χ2n) is 7.09. The highest BCUT2D eigenvalue weighted by Crippen LogP contribution is 2.23. The van der Waals surface area contributed by atoms with Crippen LogP contribution in [0.15, 0.2) is 0 Å². The molecule has 1 fully saturated rings. The smallest absolute Gasteiger partial charge is 0.0466 e. The third kappa shape index (κ3) is 12.2. The Balaban J connectivity index is 2.11. The molecule has 0 aromatic heterocycles. The molecule has 0 aromatic carbocycles. The van der Waals surface area contributed by atoms with Crippen LogP contribution in [0.4, 0.5) is 0 Å². The zero-order chi connectivity index (χ0) is 15.0. The van der Waals surface area contributed by atoms with Gasteiger partial charge in [0.2, 0.25) is 0 Å². The van der Waals surface area contributed by atoms with Gasteiger partial charge in [-0.15, -0.1) is 0 Å². The number of unbranched alkanes of at least 4 members (excludes halogenated alkanes) is 5. The Kier molecular flexibility index (Phi) is 13.5. The number of hydrogen-bond acceptors (Lipinski definition) is 1. The molecule has 1 aliphatic rings. The van der Waals surface area contributed by atoms with Crippen molar-refractivity contribution in [3.8, 4) is 0 Å². The second-order valence-corrected chi connectivity index (χ2v) is 7.09. The molecule has 1 nitrogen and oxygen atoms in total. The number of ether oxygens (including phenoxy) is 1. The zero-order valence-electron chi connectivity index (χ0n) is 14.7. The topological polar surface area (TPSA) is 9.23 Å². The Bertz CT molecular complexity index is 188. The van der Waals surface area contributed by atoms with E-state index in [-0.39, 0.29) is 0 Å². The van der Waals surface area contributed by atoms with Gasteiger partial charge in [0, 0.05) is 13.2 Å². The van der Waals surface area contributed by atoms with Crippen LogP contribution in [-0.2, 0) is 4.74 Å². The summed E-state index contributed by atoms with van der Waals surface area (Å²) < 4.78 is 5.77. The lowest BCUT2D eigenvalue weighted by atomic mass is 9.90. The van der Waals surface area contributed by atoms with Crippen LogP contribution in [-0.4, -0.2) is 13.2 Å². The summed E-state index contributed by atoms with van der Waals surface area (Å²) in [5.74, 6) is 0.987. The molecule has 1 unspecified atom stereocenters. The van der Waals surface area contributed by atoms with Crippen LogP contribution in [0.1, 0.15) is 110 Å². The molecule has 0 saturated carbocycles. The van der Waals surface area contributed by atoms with Gasteiger partial charge in [0.25, 0.3) is 0 Å². The minimum Gasteiger partial charge on any atom is -0.381 e. The van der Waals surface area contributed by atoms with Crippen molar-refractivity contribution in [3.05, 3.63) is 0 Å². The van der Waals surface area contributed by atoms with E-state index < -0.39 is 0 Å². The second kappa shape index (κ2) is 14.9. The molecule has 1 heterocycles. The summed E-state index contributed by atoms with van der Waals surface area (Å²) in [6.45, 7) is 4.31. The molecule has 1 saturated heterocycles. The van der Waals surface area contributed by atoms with E-state index in [4.69, 9.17) is 4.74 Å². The van der Waals surface area contributed by atoms with Crippen LogP contribution in [0.5, 0.6) is 0 Å². The van der Waals surface area contributed by atoms with Gasteiger partial charge in [-0.05, 0) is 25.2 Å². The molecule has 0 N–H and O–H groups in total. The maximum absolute atomic E-state index is 5.77. The summed E-state index contributed by atoms with van der Waals surface area (Å²) in [5, 5.41) is 0. The molecule has 0 radical (unpaired) electrons. The van der Waals surface area contributed by atoms with Crippen LogP contribution in [0, 0.1) is 5.92 Å². The van der Waals surface area contributed by atoms with E-state index in [2.05, 4.69) is 6.92 Å². The van der Waals surface area contributed by atoms with Gasteiger partial charge in [0.15, 0.2) is 0 Å². The van der Waals surface area contributed by atoms with E-state index in [1.54, 1.807) is 0 Å². The summed E-state index contributed by atoms with van der Waals surface area (Å²) in [5.41, 5.74) is 0. The fourth-order valence-electron chi connectivity index (χ4n) is 3.57. The lowest BCUT2D eigenvalue weighted by Gasteiger charge is -2.16. The van der Waals surface area contributed by atoms with E-state index in [1.807, 2.05) is 0 Å². The summed E-state index contributed by atoms with van der Waals surface area (Å²) in [6, 6.07) is 0. The van der Waals surface area contributed by atoms with Crippen molar-refractivity contribution in [1.29, 1.82) is 0 Å². The van der Waals surface area contributed by atoms with Crippen molar-refractivity contribution in [2.75, 3.05) is 13.2 Å². The SMILES string of the molecule is CCCCCCCCC1CCCCCCCCOCCC1. The van der Waals surface area contributed by atoms with Gasteiger partial charge in [0.05, 0.1) is 0 Å². The number of hydrogen-bond donors (Lipinski definition) is 0. The van der Waals surface area contributed by atoms with E-state index >= 15 is 0 Å². The van der Waals surface area contributed by atoms with Crippen molar-refractivity contribution in [2.24, 2.45) is 5.92 Å². The standard InChI is InChI=1S/C20H40O/c1-2-3-4-5-8-11-15-20-16-12-9-6-7-10-13-18-21-19-14-17-20/h20H,2-19H2,1H3. The molecule has 0 aromatic rings. The molecule has 21 heavy (non-hydrogen) atoms. The van der Waals surface area contributed by atoms with Crippen LogP contribution >= 0.6 is 0 Å². The largest absolute Gasteiger partial charge is 0.381 e. The van der Waals surface area contributed by atoms with Gasteiger partial charge in [-0.1, -0.05) is 90.4 Å². The fraction of sp³-hybridized carbons (Fsp3) is 1.00. The van der Waals surface area contributed by atoms with E-state index in [0.29, 0.717) is 0 Å². The third-order valence-electron chi connectivity index (χ3n) is 5.02. The van der Waals surface area contributed by atoms with E-state index in [9.17, 15) is 0 Å². The Morgan fingerprint density at radius 3 is 2.14 bits per heavy atom. The molecule has 126 valence electrons. The normalized spacial score (nSPS) is 23.0. The average molecular weight is 297 g/mol. The highest BCUT2D eigenvalue weighted by molar-refractivity contribution is 4.62. The molecule has 1 rings (SSSR count). The average Bonchev–Trinajstić information content (AvgIpc) is 2.52. The van der Waals surface area contributed by atoms with E-state index in [1.165, 1.54) is 103 Å². The molecule has 0 spiro atoms. The maximum Gasteiger partial charge on any atom is 0.0466 e. The highest BCUT2D eigenvalue weighted by atomic mass is 16.5. The Labute approximate surface area is 134 Å². The molecular formula is C20H40O. The summed E-state index contributed by atoms with van der Waals surface area (Å²) >= 11 is 0. The molecule has 1 heteroatoms. The molecule has 0 amide bonds. The maximum atomic E-state index is 5.77. The predicted octanol–water partition coefficient (Wildman–Crippen LogP) is 6.89. The van der Waals surface area contributed by atoms with Crippen molar-refractivity contribution in [3.63, 3.8) is 0 Å². The fourth-order valence-corrected chi connectivity index (χ4v) is 3.57. The zero-order valence-corrected chi connectivity index (χ0v) is 14.7. The van der Waals surface area contributed by atoms with Crippen LogP contribution in [0.25, 0.3) is 0 Å². The van der Waals surface area contributed by atoms with Crippen molar-refractivity contribution >= 4 is 0 Å². The first-order chi connectivity index (χ1) is 10.4. The minimum absolute atomic E-state index is 0.987. The number of rotatable bonds is 7. The van der Waals surface area contributed by atoms with E-state index in [0.717, 1.165) is 19.1 Å². The molecule has 0 bridgehead atoms. The first-order valence-electron chi connectivity index (χ1n) is 10.0. The van der Waals surface area contributed by atoms with Crippen molar-refractivity contribution < 1.29 is 4.74 Å². The van der Waals surface area contributed by atoms with Gasteiger partial charge in [-0.3, -0.25) is 0 Å². The first-order valence-corrected chi connectivity index (χ1v) is 10.0.